The van der Waals surface area contributed by atoms with Crippen molar-refractivity contribution in [3.63, 3.8) is 0 Å². The molecule has 0 radical (unpaired) electrons. The molecule has 5 rings (SSSR count). The maximum atomic E-state index is 13.0. The fourth-order valence-electron chi connectivity index (χ4n) is 6.92. The zero-order chi connectivity index (χ0) is 36.4. The third kappa shape index (κ3) is 12.9. The molecule has 15 heteroatoms. The number of amides is 2. The van der Waals surface area contributed by atoms with Crippen LogP contribution >= 0.6 is 0 Å². The normalized spacial score (nSPS) is 16.2. The van der Waals surface area contributed by atoms with Gasteiger partial charge >= 0.3 is 0 Å². The van der Waals surface area contributed by atoms with E-state index in [0.717, 1.165) is 87.2 Å². The number of piperidine rings is 1. The molecular weight excluding hydrogens is 658 g/mol. The molecule has 1 saturated carbocycles. The second-order valence-electron chi connectivity index (χ2n) is 14.2. The molecule has 3 heterocycles. The van der Waals surface area contributed by atoms with Gasteiger partial charge in [-0.1, -0.05) is 36.6 Å². The van der Waals surface area contributed by atoms with Gasteiger partial charge in [0.05, 0.1) is 24.3 Å². The van der Waals surface area contributed by atoms with E-state index in [4.69, 9.17) is 15.7 Å². The summed E-state index contributed by atoms with van der Waals surface area (Å²) in [5.74, 6) is 1.16. The van der Waals surface area contributed by atoms with Crippen LogP contribution in [0.2, 0.25) is 0 Å². The zero-order valence-electron chi connectivity index (χ0n) is 31.0. The number of fused-ring (bicyclic) bond motifs is 1. The van der Waals surface area contributed by atoms with E-state index in [-0.39, 0.29) is 24.3 Å². The number of nitrogens with one attached hydrogen (secondary N) is 6. The summed E-state index contributed by atoms with van der Waals surface area (Å²) >= 11 is 0. The van der Waals surface area contributed by atoms with Gasteiger partial charge in [0.1, 0.15) is 11.5 Å². The minimum atomic E-state index is -0.680. The van der Waals surface area contributed by atoms with Gasteiger partial charge in [-0.25, -0.2) is 4.98 Å². The number of benzene rings is 1. The fourth-order valence-corrected chi connectivity index (χ4v) is 6.92. The Morgan fingerprint density at radius 1 is 0.923 bits per heavy atom. The largest absolute Gasteiger partial charge is 0.367 e. The Balaban J connectivity index is 1.01. The van der Waals surface area contributed by atoms with E-state index < -0.39 is 6.04 Å². The number of anilines is 2. The van der Waals surface area contributed by atoms with Crippen molar-refractivity contribution >= 4 is 34.5 Å². The first kappa shape index (κ1) is 39.3. The van der Waals surface area contributed by atoms with Crippen LogP contribution in [0, 0.1) is 0 Å². The molecule has 15 nitrogen and oxygen atoms in total. The molecular formula is C37H61N13O2. The number of likely N-dealkylation sites (tertiary alicyclic amines) is 1. The van der Waals surface area contributed by atoms with E-state index in [2.05, 4.69) is 42.2 Å². The lowest BCUT2D eigenvalue weighted by molar-refractivity contribution is -0.132. The molecule has 1 atom stereocenters. The monoisotopic (exact) mass is 720 g/mol. The van der Waals surface area contributed by atoms with Gasteiger partial charge < -0.3 is 42.5 Å². The summed E-state index contributed by atoms with van der Waals surface area (Å²) in [5, 5.41) is 29.7. The van der Waals surface area contributed by atoms with Crippen molar-refractivity contribution in [1.29, 1.82) is 0 Å². The molecule has 286 valence electrons. The van der Waals surface area contributed by atoms with Gasteiger partial charge in [-0.05, 0) is 96.7 Å². The predicted octanol–water partition coefficient (Wildman–Crippen LogP) is 2.36. The Morgan fingerprint density at radius 2 is 1.71 bits per heavy atom. The lowest BCUT2D eigenvalue weighted by atomic mass is 9.95. The number of carbonyl (C=O) groups is 2. The Kier molecular flexibility index (Phi) is 16.3. The summed E-state index contributed by atoms with van der Waals surface area (Å²) in [6, 6.07) is 8.07. The Labute approximate surface area is 308 Å². The van der Waals surface area contributed by atoms with Gasteiger partial charge in [0, 0.05) is 50.1 Å². The van der Waals surface area contributed by atoms with Crippen molar-refractivity contribution in [1.82, 2.24) is 51.1 Å². The molecule has 0 bridgehead atoms. The number of carbonyl (C=O) groups excluding carboxylic acids is 2. The third-order valence-electron chi connectivity index (χ3n) is 10.0. The third-order valence-corrected chi connectivity index (χ3v) is 10.0. The SMILES string of the molecule is CNCCCNCCCn1cc(CNc2nc(NC3CCN(C(=O)CC[C@H](N)C(=O)NCCCNC4CCCCC4)CC3)c3ccccc3n2)nn1. The van der Waals surface area contributed by atoms with Gasteiger partial charge in [-0.15, -0.1) is 5.10 Å². The summed E-state index contributed by atoms with van der Waals surface area (Å²) in [6.07, 6.45) is 13.6. The highest BCUT2D eigenvalue weighted by Crippen LogP contribution is 2.25. The maximum absolute atomic E-state index is 13.0. The highest BCUT2D eigenvalue weighted by atomic mass is 16.2. The number of nitrogens with two attached hydrogens (primary N) is 1. The minimum absolute atomic E-state index is 0.0473. The molecule has 2 fully saturated rings. The molecule has 3 aromatic rings. The summed E-state index contributed by atoms with van der Waals surface area (Å²) in [5.41, 5.74) is 7.82. The summed E-state index contributed by atoms with van der Waals surface area (Å²) in [7, 11) is 1.97. The molecule has 8 N–H and O–H groups in total. The van der Waals surface area contributed by atoms with Crippen molar-refractivity contribution in [2.75, 3.05) is 63.5 Å². The highest BCUT2D eigenvalue weighted by Gasteiger charge is 2.25. The lowest BCUT2D eigenvalue weighted by Gasteiger charge is -2.33. The van der Waals surface area contributed by atoms with Crippen LogP contribution in [0.15, 0.2) is 30.5 Å². The van der Waals surface area contributed by atoms with Gasteiger partial charge in [0.25, 0.3) is 0 Å². The Hall–Kier alpha value is -3.92. The van der Waals surface area contributed by atoms with Crippen LogP contribution in [0.1, 0.15) is 82.7 Å². The van der Waals surface area contributed by atoms with Gasteiger partial charge in [0.2, 0.25) is 17.8 Å². The second kappa shape index (κ2) is 21.6. The van der Waals surface area contributed by atoms with E-state index in [0.29, 0.717) is 44.6 Å². The van der Waals surface area contributed by atoms with Crippen LogP contribution in [-0.4, -0.2) is 113 Å². The first-order chi connectivity index (χ1) is 25.5. The standard InChI is InChI=1S/C37H61N13O2/c1-39-18-7-19-40-20-9-23-50-27-30(47-48-50)26-43-37-45-33-13-6-5-12-31(33)35(46-37)44-29-16-24-49(25-17-29)34(51)15-14-32(38)36(52)42-22-8-21-41-28-10-3-2-4-11-28/h5-6,12-13,27-29,32,39-41H,2-4,7-11,14-26,38H2,1H3,(H,42,52)(H2,43,44,45,46)/t32-/m0/s1. The van der Waals surface area contributed by atoms with Crippen molar-refractivity contribution < 1.29 is 9.59 Å². The van der Waals surface area contributed by atoms with Gasteiger partial charge in [-0.2, -0.15) is 4.98 Å². The first-order valence-electron chi connectivity index (χ1n) is 19.5. The van der Waals surface area contributed by atoms with Crippen LogP contribution < -0.4 is 37.6 Å². The molecule has 1 saturated heterocycles. The molecule has 52 heavy (non-hydrogen) atoms. The quantitative estimate of drug-likeness (QED) is 0.0752. The first-order valence-corrected chi connectivity index (χ1v) is 19.5. The topological polar surface area (TPSA) is 192 Å². The van der Waals surface area contributed by atoms with Crippen LogP contribution in [-0.2, 0) is 22.7 Å². The Morgan fingerprint density at radius 3 is 2.54 bits per heavy atom. The van der Waals surface area contributed by atoms with Crippen LogP contribution in [0.5, 0.6) is 0 Å². The van der Waals surface area contributed by atoms with Gasteiger partial charge in [0.15, 0.2) is 0 Å². The molecule has 2 aromatic heterocycles. The highest BCUT2D eigenvalue weighted by molar-refractivity contribution is 5.90. The average molecular weight is 720 g/mol. The summed E-state index contributed by atoms with van der Waals surface area (Å²) < 4.78 is 1.88. The number of nitrogens with zero attached hydrogens (tertiary/aromatic N) is 6. The number of hydrogen-bond donors (Lipinski definition) is 7. The molecule has 2 aliphatic rings. The minimum Gasteiger partial charge on any atom is -0.367 e. The molecule has 1 aromatic carbocycles. The fraction of sp³-hybridized carbons (Fsp3) is 0.676. The lowest BCUT2D eigenvalue weighted by Crippen LogP contribution is -2.44. The van der Waals surface area contributed by atoms with Crippen molar-refractivity contribution in [2.45, 2.75) is 108 Å². The average Bonchev–Trinajstić information content (AvgIpc) is 3.63. The molecule has 1 aliphatic carbocycles. The Bertz CT molecular complexity index is 1500. The molecule has 2 amide bonds. The van der Waals surface area contributed by atoms with Crippen molar-refractivity contribution in [2.24, 2.45) is 5.73 Å². The van der Waals surface area contributed by atoms with E-state index in [1.807, 2.05) is 47.1 Å². The van der Waals surface area contributed by atoms with Crippen molar-refractivity contribution in [3.05, 3.63) is 36.2 Å². The van der Waals surface area contributed by atoms with Crippen LogP contribution in [0.25, 0.3) is 10.9 Å². The number of hydrogen-bond acceptors (Lipinski definition) is 12. The molecule has 1 aliphatic heterocycles. The molecule has 0 unspecified atom stereocenters. The number of aromatic nitrogens is 5. The summed E-state index contributed by atoms with van der Waals surface area (Å²) in [6.45, 7) is 7.02. The predicted molar refractivity (Wildman–Crippen MR) is 206 cm³/mol. The number of para-hydroxylation sites is 1. The zero-order valence-corrected chi connectivity index (χ0v) is 31.0. The van der Waals surface area contributed by atoms with E-state index in [9.17, 15) is 9.59 Å². The number of aryl methyl sites for hydroxylation is 1. The summed E-state index contributed by atoms with van der Waals surface area (Å²) in [4.78, 5) is 37.0. The van der Waals surface area contributed by atoms with Gasteiger partial charge in [-0.3, -0.25) is 14.3 Å². The van der Waals surface area contributed by atoms with Crippen molar-refractivity contribution in [3.8, 4) is 0 Å². The smallest absolute Gasteiger partial charge is 0.236 e. The van der Waals surface area contributed by atoms with E-state index in [1.165, 1.54) is 32.1 Å². The second-order valence-corrected chi connectivity index (χ2v) is 14.2. The maximum Gasteiger partial charge on any atom is 0.236 e. The van der Waals surface area contributed by atoms with Crippen LogP contribution in [0.3, 0.4) is 0 Å². The number of rotatable bonds is 22. The molecule has 0 spiro atoms. The van der Waals surface area contributed by atoms with Crippen LogP contribution in [0.4, 0.5) is 11.8 Å². The van der Waals surface area contributed by atoms with E-state index in [1.54, 1.807) is 0 Å². The van der Waals surface area contributed by atoms with E-state index >= 15 is 0 Å².